The van der Waals surface area contributed by atoms with Crippen LogP contribution in [0.4, 0.5) is 10.5 Å². The van der Waals surface area contributed by atoms with Crippen molar-refractivity contribution in [1.82, 2.24) is 20.2 Å². The highest BCUT2D eigenvalue weighted by molar-refractivity contribution is 7.13. The number of thiazole rings is 1. The molecular weight excluding hydrogens is 570 g/mol. The van der Waals surface area contributed by atoms with Gasteiger partial charge in [0.25, 0.3) is 5.91 Å². The summed E-state index contributed by atoms with van der Waals surface area (Å²) in [7, 11) is 0. The van der Waals surface area contributed by atoms with Crippen molar-refractivity contribution in [3.05, 3.63) is 76.4 Å². The second-order valence-electron chi connectivity index (χ2n) is 13.6. The Labute approximate surface area is 262 Å². The number of nitrogens with one attached hydrogen (secondary N) is 1. The molecule has 2 bridgehead atoms. The third-order valence-corrected chi connectivity index (χ3v) is 9.98. The second kappa shape index (κ2) is 10.6. The minimum atomic E-state index is -0.518. The van der Waals surface area contributed by atoms with Crippen molar-refractivity contribution >= 4 is 39.9 Å². The number of anilines is 1. The van der Waals surface area contributed by atoms with Gasteiger partial charge in [-0.1, -0.05) is 12.1 Å². The van der Waals surface area contributed by atoms with Crippen LogP contribution in [0.15, 0.2) is 54.0 Å². The molecule has 3 fully saturated rings. The molecule has 8 nitrogen and oxygen atoms in total. The van der Waals surface area contributed by atoms with Crippen molar-refractivity contribution in [1.29, 1.82) is 0 Å². The number of aromatic nitrogens is 2. The number of pyridine rings is 1. The summed E-state index contributed by atoms with van der Waals surface area (Å²) in [4.78, 5) is 40.7. The number of carbonyl (C=O) groups excluding carboxylic acids is 2. The number of carbonyl (C=O) groups is 2. The molecule has 228 valence electrons. The summed E-state index contributed by atoms with van der Waals surface area (Å²) in [5.41, 5.74) is 5.69. The first-order valence-electron chi connectivity index (χ1n) is 15.5. The fourth-order valence-corrected chi connectivity index (χ4v) is 7.50. The fraction of sp³-hybridized carbons (Fsp3) is 0.429. The van der Waals surface area contributed by atoms with Gasteiger partial charge in [0.15, 0.2) is 0 Å². The zero-order valence-corrected chi connectivity index (χ0v) is 26.8. The van der Waals surface area contributed by atoms with Gasteiger partial charge in [-0.25, -0.2) is 9.78 Å². The van der Waals surface area contributed by atoms with Gasteiger partial charge in [0.05, 0.1) is 23.1 Å². The molecule has 1 N–H and O–H groups in total. The Hall–Kier alpha value is -3.98. The van der Waals surface area contributed by atoms with E-state index in [4.69, 9.17) is 9.72 Å². The third kappa shape index (κ3) is 5.31. The summed E-state index contributed by atoms with van der Waals surface area (Å²) in [6.07, 6.45) is 5.27. The number of aryl methyl sites for hydroxylation is 2. The highest BCUT2D eigenvalue weighted by Gasteiger charge is 2.48. The largest absolute Gasteiger partial charge is 0.444 e. The summed E-state index contributed by atoms with van der Waals surface area (Å²) in [6, 6.07) is 14.8. The van der Waals surface area contributed by atoms with Gasteiger partial charge in [0.1, 0.15) is 10.6 Å². The Kier molecular flexibility index (Phi) is 6.92. The molecule has 7 rings (SSSR count). The molecule has 4 heterocycles. The Morgan fingerprint density at radius 3 is 2.43 bits per heavy atom. The predicted octanol–water partition coefficient (Wildman–Crippen LogP) is 6.98. The Morgan fingerprint density at radius 1 is 1.02 bits per heavy atom. The lowest BCUT2D eigenvalue weighted by molar-refractivity contribution is 0.0123. The summed E-state index contributed by atoms with van der Waals surface area (Å²) < 4.78 is 5.72. The van der Waals surface area contributed by atoms with Crippen molar-refractivity contribution < 1.29 is 14.3 Å². The highest BCUT2D eigenvalue weighted by atomic mass is 32.1. The van der Waals surface area contributed by atoms with Gasteiger partial charge in [-0.15, -0.1) is 11.3 Å². The molecule has 4 aromatic rings. The molecule has 1 saturated carbocycles. The van der Waals surface area contributed by atoms with Crippen molar-refractivity contribution in [3.63, 3.8) is 0 Å². The first kappa shape index (κ1) is 28.8. The molecule has 3 aliphatic rings. The van der Waals surface area contributed by atoms with Gasteiger partial charge >= 0.3 is 6.09 Å². The molecule has 9 heteroatoms. The van der Waals surface area contributed by atoms with E-state index in [-0.39, 0.29) is 24.1 Å². The maximum atomic E-state index is 14.0. The third-order valence-electron chi connectivity index (χ3n) is 9.16. The van der Waals surface area contributed by atoms with Crippen LogP contribution in [-0.2, 0) is 10.3 Å². The van der Waals surface area contributed by atoms with E-state index in [0.29, 0.717) is 5.56 Å². The lowest BCUT2D eigenvalue weighted by Gasteiger charge is -2.42. The van der Waals surface area contributed by atoms with Crippen LogP contribution >= 0.6 is 11.3 Å². The molecule has 0 radical (unpaired) electrons. The molecule has 0 spiro atoms. The summed E-state index contributed by atoms with van der Waals surface area (Å²) in [6.45, 7) is 11.2. The maximum Gasteiger partial charge on any atom is 0.410 e. The zero-order valence-electron chi connectivity index (χ0n) is 26.0. The normalized spacial score (nSPS) is 20.6. The molecule has 1 aliphatic carbocycles. The van der Waals surface area contributed by atoms with E-state index in [1.807, 2.05) is 69.3 Å². The Bertz CT molecular complexity index is 1740. The smallest absolute Gasteiger partial charge is 0.410 e. The molecule has 2 saturated heterocycles. The highest BCUT2D eigenvalue weighted by Crippen LogP contribution is 2.49. The lowest BCUT2D eigenvalue weighted by Crippen LogP contribution is -2.56. The van der Waals surface area contributed by atoms with Gasteiger partial charge in [0.2, 0.25) is 0 Å². The van der Waals surface area contributed by atoms with Crippen LogP contribution in [0, 0.1) is 13.8 Å². The average molecular weight is 610 g/mol. The van der Waals surface area contributed by atoms with Crippen molar-refractivity contribution in [2.24, 2.45) is 0 Å². The molecule has 2 aromatic heterocycles. The minimum Gasteiger partial charge on any atom is -0.444 e. The maximum absolute atomic E-state index is 14.0. The van der Waals surface area contributed by atoms with E-state index in [0.717, 1.165) is 82.8 Å². The first-order chi connectivity index (χ1) is 21.0. The molecule has 2 aromatic carbocycles. The number of ether oxygens (including phenoxy) is 1. The van der Waals surface area contributed by atoms with E-state index < -0.39 is 11.1 Å². The molecular formula is C35H39N5O3S. The van der Waals surface area contributed by atoms with Crippen molar-refractivity contribution in [2.75, 3.05) is 18.0 Å². The van der Waals surface area contributed by atoms with Gasteiger partial charge in [-0.3, -0.25) is 14.7 Å². The van der Waals surface area contributed by atoms with Gasteiger partial charge in [0, 0.05) is 52.6 Å². The van der Waals surface area contributed by atoms with E-state index >= 15 is 0 Å². The van der Waals surface area contributed by atoms with Crippen LogP contribution in [0.25, 0.3) is 21.5 Å². The van der Waals surface area contributed by atoms with E-state index in [1.165, 1.54) is 0 Å². The first-order valence-corrected chi connectivity index (χ1v) is 16.4. The standard InChI is InChI=1S/C35H39N5O3S/c1-21-6-8-24(39-19-25-9-10-26(20-39)40(25)33(42)43-34(3,4)5)18-28(21)31(41)38-35(12-13-35)29-16-23(32-36-14-15-44-32)17-30-27(29)11-7-22(2)37-30/h6-8,11,14-18,25-26H,9-10,12-13,19-20H2,1-5H3,(H,38,41). The summed E-state index contributed by atoms with van der Waals surface area (Å²) in [5, 5.41) is 7.45. The lowest BCUT2D eigenvalue weighted by atomic mass is 9.95. The summed E-state index contributed by atoms with van der Waals surface area (Å²) >= 11 is 1.61. The van der Waals surface area contributed by atoms with Crippen LogP contribution in [0.2, 0.25) is 0 Å². The van der Waals surface area contributed by atoms with Crippen LogP contribution in [0.1, 0.15) is 73.6 Å². The van der Waals surface area contributed by atoms with Crippen molar-refractivity contribution in [2.45, 2.75) is 83.5 Å². The number of rotatable bonds is 5. The van der Waals surface area contributed by atoms with Crippen LogP contribution in [-0.4, -0.2) is 57.6 Å². The number of amides is 2. The number of hydrogen-bond donors (Lipinski definition) is 1. The van der Waals surface area contributed by atoms with E-state index in [2.05, 4.69) is 39.5 Å². The Balaban J connectivity index is 1.15. The second-order valence-corrected chi connectivity index (χ2v) is 14.5. The van der Waals surface area contributed by atoms with E-state index in [9.17, 15) is 9.59 Å². The van der Waals surface area contributed by atoms with Crippen molar-refractivity contribution in [3.8, 4) is 10.6 Å². The SMILES string of the molecule is Cc1ccc2c(C3(NC(=O)c4cc(N5CC6CCC(C5)N6C(=O)OC(C)(C)C)ccc4C)CC3)cc(-c3nccs3)cc2n1. The number of benzene rings is 2. The Morgan fingerprint density at radius 2 is 1.77 bits per heavy atom. The number of nitrogens with zero attached hydrogens (tertiary/aromatic N) is 4. The zero-order chi connectivity index (χ0) is 30.8. The molecule has 2 aliphatic heterocycles. The van der Waals surface area contributed by atoms with Crippen LogP contribution in [0.3, 0.4) is 0 Å². The monoisotopic (exact) mass is 609 g/mol. The molecule has 2 atom stereocenters. The van der Waals surface area contributed by atoms with Gasteiger partial charge < -0.3 is 15.0 Å². The average Bonchev–Trinajstić information content (AvgIpc) is 3.41. The minimum absolute atomic E-state index is 0.0647. The number of piperazine rings is 1. The van der Waals surface area contributed by atoms with E-state index in [1.54, 1.807) is 11.3 Å². The topological polar surface area (TPSA) is 87.7 Å². The van der Waals surface area contributed by atoms with Crippen LogP contribution in [0.5, 0.6) is 0 Å². The molecule has 44 heavy (non-hydrogen) atoms. The predicted molar refractivity (Wildman–Crippen MR) is 174 cm³/mol. The molecule has 2 unspecified atom stereocenters. The molecule has 2 amide bonds. The van der Waals surface area contributed by atoms with Gasteiger partial charge in [-0.2, -0.15) is 0 Å². The number of hydrogen-bond acceptors (Lipinski definition) is 7. The quantitative estimate of drug-likeness (QED) is 0.263. The number of fused-ring (bicyclic) bond motifs is 3. The fourth-order valence-electron chi connectivity index (χ4n) is 6.87. The van der Waals surface area contributed by atoms with Crippen LogP contribution < -0.4 is 10.2 Å². The summed E-state index contributed by atoms with van der Waals surface area (Å²) in [5.74, 6) is -0.0647. The van der Waals surface area contributed by atoms with Gasteiger partial charge in [-0.05, 0) is 102 Å².